The maximum atomic E-state index is 13.0. The van der Waals surface area contributed by atoms with Gasteiger partial charge < -0.3 is 14.3 Å². The van der Waals surface area contributed by atoms with Crippen LogP contribution < -0.4 is 10.4 Å². The van der Waals surface area contributed by atoms with Crippen LogP contribution in [0.25, 0.3) is 11.0 Å². The second-order valence-corrected chi connectivity index (χ2v) is 5.53. The highest BCUT2D eigenvalue weighted by atomic mass is 19.1. The Morgan fingerprint density at radius 2 is 1.92 bits per heavy atom. The molecule has 24 heavy (non-hydrogen) atoms. The van der Waals surface area contributed by atoms with Gasteiger partial charge >= 0.3 is 5.63 Å². The van der Waals surface area contributed by atoms with Gasteiger partial charge in [-0.05, 0) is 42.3 Å². The fourth-order valence-electron chi connectivity index (χ4n) is 2.64. The third kappa shape index (κ3) is 3.31. The van der Waals surface area contributed by atoms with E-state index in [0.717, 1.165) is 16.5 Å². The molecule has 124 valence electrons. The van der Waals surface area contributed by atoms with Crippen LogP contribution in [0.1, 0.15) is 16.7 Å². The average molecular weight is 328 g/mol. The van der Waals surface area contributed by atoms with Gasteiger partial charge in [0.25, 0.3) is 0 Å². The largest absolute Gasteiger partial charge is 0.491 e. The lowest BCUT2D eigenvalue weighted by molar-refractivity contribution is 0.201. The van der Waals surface area contributed by atoms with E-state index in [1.807, 2.05) is 13.0 Å². The summed E-state index contributed by atoms with van der Waals surface area (Å²) in [6.45, 7) is 1.96. The zero-order chi connectivity index (χ0) is 17.1. The van der Waals surface area contributed by atoms with Crippen molar-refractivity contribution in [1.29, 1.82) is 0 Å². The molecule has 1 aromatic heterocycles. The van der Waals surface area contributed by atoms with Gasteiger partial charge in [0.05, 0.1) is 6.61 Å². The van der Waals surface area contributed by atoms with Crippen molar-refractivity contribution < 1.29 is 18.7 Å². The molecule has 4 nitrogen and oxygen atoms in total. The zero-order valence-corrected chi connectivity index (χ0v) is 13.2. The number of aryl methyl sites for hydroxylation is 1. The molecule has 0 unspecified atom stereocenters. The smallest absolute Gasteiger partial charge is 0.340 e. The summed E-state index contributed by atoms with van der Waals surface area (Å²) < 4.78 is 23.8. The van der Waals surface area contributed by atoms with Gasteiger partial charge in [-0.25, -0.2) is 9.18 Å². The van der Waals surface area contributed by atoms with E-state index in [1.54, 1.807) is 24.3 Å². The number of rotatable bonds is 5. The van der Waals surface area contributed by atoms with Crippen LogP contribution in [0.2, 0.25) is 0 Å². The molecule has 0 amide bonds. The number of ether oxygens (including phenoxy) is 1. The third-order valence-corrected chi connectivity index (χ3v) is 3.91. The lowest BCUT2D eigenvalue weighted by Gasteiger charge is -2.10. The first-order valence-electron chi connectivity index (χ1n) is 7.63. The van der Waals surface area contributed by atoms with Crippen LogP contribution >= 0.6 is 0 Å². The molecule has 1 N–H and O–H groups in total. The Bertz CT molecular complexity index is 913. The van der Waals surface area contributed by atoms with Crippen molar-refractivity contribution in [2.45, 2.75) is 13.3 Å². The summed E-state index contributed by atoms with van der Waals surface area (Å²) >= 11 is 0. The first-order valence-corrected chi connectivity index (χ1v) is 7.63. The standard InChI is InChI=1S/C19H17FO4/c1-12-16-7-6-15(23-9-8-21)11-18(16)24-19(22)17(12)10-13-2-4-14(20)5-3-13/h2-7,11,21H,8-10H2,1H3. The Balaban J connectivity index is 2.00. The van der Waals surface area contributed by atoms with E-state index in [0.29, 0.717) is 23.3 Å². The van der Waals surface area contributed by atoms with Gasteiger partial charge in [0.15, 0.2) is 0 Å². The highest BCUT2D eigenvalue weighted by molar-refractivity contribution is 5.82. The number of halogens is 1. The van der Waals surface area contributed by atoms with Crippen molar-refractivity contribution in [2.24, 2.45) is 0 Å². The van der Waals surface area contributed by atoms with E-state index in [1.165, 1.54) is 12.1 Å². The molecule has 0 aliphatic heterocycles. The molecule has 0 bridgehead atoms. The van der Waals surface area contributed by atoms with Crippen molar-refractivity contribution in [1.82, 2.24) is 0 Å². The van der Waals surface area contributed by atoms with Gasteiger partial charge in [-0.3, -0.25) is 0 Å². The van der Waals surface area contributed by atoms with Crippen molar-refractivity contribution in [2.75, 3.05) is 13.2 Å². The summed E-state index contributed by atoms with van der Waals surface area (Å²) in [4.78, 5) is 12.3. The van der Waals surface area contributed by atoms with Crippen LogP contribution in [-0.2, 0) is 6.42 Å². The number of hydrogen-bond donors (Lipinski definition) is 1. The van der Waals surface area contributed by atoms with Crippen LogP contribution in [0, 0.1) is 12.7 Å². The molecule has 0 radical (unpaired) electrons. The van der Waals surface area contributed by atoms with E-state index < -0.39 is 5.63 Å². The zero-order valence-electron chi connectivity index (χ0n) is 13.2. The molecule has 0 saturated carbocycles. The van der Waals surface area contributed by atoms with E-state index in [-0.39, 0.29) is 19.0 Å². The molecule has 0 aliphatic carbocycles. The molecule has 0 saturated heterocycles. The van der Waals surface area contributed by atoms with Crippen LogP contribution in [0.3, 0.4) is 0 Å². The molecule has 3 aromatic rings. The minimum Gasteiger partial charge on any atom is -0.491 e. The number of fused-ring (bicyclic) bond motifs is 1. The van der Waals surface area contributed by atoms with Crippen LogP contribution in [0.15, 0.2) is 51.7 Å². The maximum Gasteiger partial charge on any atom is 0.340 e. The first-order chi connectivity index (χ1) is 11.6. The fraction of sp³-hybridized carbons (Fsp3) is 0.211. The topological polar surface area (TPSA) is 59.7 Å². The van der Waals surface area contributed by atoms with E-state index in [9.17, 15) is 9.18 Å². The summed E-state index contributed by atoms with van der Waals surface area (Å²) in [6.07, 6.45) is 0.382. The predicted molar refractivity (Wildman–Crippen MR) is 89.0 cm³/mol. The monoisotopic (exact) mass is 328 g/mol. The molecule has 5 heteroatoms. The van der Waals surface area contributed by atoms with Crippen molar-refractivity contribution in [3.05, 3.63) is 75.4 Å². The number of aliphatic hydroxyl groups excluding tert-OH is 1. The Kier molecular flexibility index (Phi) is 4.62. The van der Waals surface area contributed by atoms with Crippen molar-refractivity contribution in [3.8, 4) is 5.75 Å². The Morgan fingerprint density at radius 1 is 1.17 bits per heavy atom. The Morgan fingerprint density at radius 3 is 2.62 bits per heavy atom. The SMILES string of the molecule is Cc1c(Cc2ccc(F)cc2)c(=O)oc2cc(OCCO)ccc12. The molecule has 0 aliphatic rings. The highest BCUT2D eigenvalue weighted by Crippen LogP contribution is 2.25. The van der Waals surface area contributed by atoms with E-state index in [4.69, 9.17) is 14.3 Å². The molecule has 2 aromatic carbocycles. The van der Waals surface area contributed by atoms with E-state index >= 15 is 0 Å². The first kappa shape index (κ1) is 16.2. The summed E-state index contributed by atoms with van der Waals surface area (Å²) in [6, 6.07) is 11.3. The second-order valence-electron chi connectivity index (χ2n) is 5.53. The molecular formula is C19H17FO4. The molecule has 3 rings (SSSR count). The normalized spacial score (nSPS) is 11.0. The minimum absolute atomic E-state index is 0.0857. The Labute approximate surface area is 138 Å². The van der Waals surface area contributed by atoms with Crippen LogP contribution in [0.5, 0.6) is 5.75 Å². The maximum absolute atomic E-state index is 13.0. The second kappa shape index (κ2) is 6.84. The van der Waals surface area contributed by atoms with Gasteiger partial charge in [-0.2, -0.15) is 0 Å². The van der Waals surface area contributed by atoms with Crippen LogP contribution in [0.4, 0.5) is 4.39 Å². The summed E-state index contributed by atoms with van der Waals surface area (Å²) in [7, 11) is 0. The third-order valence-electron chi connectivity index (χ3n) is 3.91. The van der Waals surface area contributed by atoms with Crippen molar-refractivity contribution in [3.63, 3.8) is 0 Å². The molecule has 0 atom stereocenters. The van der Waals surface area contributed by atoms with Gasteiger partial charge in [0.2, 0.25) is 0 Å². The average Bonchev–Trinajstić information content (AvgIpc) is 2.58. The number of aliphatic hydroxyl groups is 1. The van der Waals surface area contributed by atoms with Gasteiger partial charge in [-0.15, -0.1) is 0 Å². The quantitative estimate of drug-likeness (QED) is 0.731. The number of benzene rings is 2. The van der Waals surface area contributed by atoms with Crippen molar-refractivity contribution >= 4 is 11.0 Å². The van der Waals surface area contributed by atoms with Gasteiger partial charge in [-0.1, -0.05) is 12.1 Å². The lowest BCUT2D eigenvalue weighted by Crippen LogP contribution is -2.11. The highest BCUT2D eigenvalue weighted by Gasteiger charge is 2.13. The molecule has 0 spiro atoms. The minimum atomic E-state index is -0.413. The fourth-order valence-corrected chi connectivity index (χ4v) is 2.64. The van der Waals surface area contributed by atoms with Crippen LogP contribution in [-0.4, -0.2) is 18.3 Å². The summed E-state index contributed by atoms with van der Waals surface area (Å²) in [5.41, 5.74) is 2.26. The summed E-state index contributed by atoms with van der Waals surface area (Å²) in [5.74, 6) is 0.224. The van der Waals surface area contributed by atoms with Gasteiger partial charge in [0, 0.05) is 23.4 Å². The molecule has 1 heterocycles. The summed E-state index contributed by atoms with van der Waals surface area (Å²) in [5, 5.41) is 9.62. The van der Waals surface area contributed by atoms with E-state index in [2.05, 4.69) is 0 Å². The molecular weight excluding hydrogens is 311 g/mol. The lowest BCUT2D eigenvalue weighted by atomic mass is 9.99. The molecule has 0 fully saturated rings. The predicted octanol–water partition coefficient (Wildman–Crippen LogP) is 3.20. The Hall–Kier alpha value is -2.66. The van der Waals surface area contributed by atoms with Gasteiger partial charge in [0.1, 0.15) is 23.8 Å². The number of hydrogen-bond acceptors (Lipinski definition) is 4.